The van der Waals surface area contributed by atoms with Crippen molar-refractivity contribution in [2.45, 2.75) is 52.6 Å². The highest BCUT2D eigenvalue weighted by Crippen LogP contribution is 2.27. The first-order chi connectivity index (χ1) is 5.84. The average Bonchev–Trinajstić information content (AvgIpc) is 1.98. The number of rotatable bonds is 0. The third kappa shape index (κ3) is 2.11. The lowest BCUT2D eigenvalue weighted by molar-refractivity contribution is -0.129. The topological polar surface area (TPSA) is 20.3 Å². The number of likely N-dealkylation sites (tertiary alicyclic amines) is 1. The lowest BCUT2D eigenvalue weighted by Gasteiger charge is -2.45. The summed E-state index contributed by atoms with van der Waals surface area (Å²) in [5.41, 5.74) is 0.189. The van der Waals surface area contributed by atoms with E-state index in [9.17, 15) is 4.79 Å². The van der Waals surface area contributed by atoms with Gasteiger partial charge in [-0.15, -0.1) is 0 Å². The molecule has 2 atom stereocenters. The summed E-state index contributed by atoms with van der Waals surface area (Å²) in [6, 6.07) is 0.390. The number of hydrogen-bond donors (Lipinski definition) is 0. The van der Waals surface area contributed by atoms with E-state index in [0.717, 1.165) is 13.0 Å². The van der Waals surface area contributed by atoms with Crippen LogP contribution in [0.1, 0.15) is 41.0 Å². The number of Topliss-reactive ketones (excluding diaryl/α,β-unsaturated/α-hetero) is 1. The van der Waals surface area contributed by atoms with Crippen molar-refractivity contribution in [3.8, 4) is 0 Å². The highest BCUT2D eigenvalue weighted by Gasteiger charge is 2.36. The number of nitrogens with zero attached hydrogens (tertiary/aromatic N) is 1. The van der Waals surface area contributed by atoms with Crippen molar-refractivity contribution in [1.29, 1.82) is 0 Å². The standard InChI is InChI=1S/C11H21NO/c1-8-9(2)12(11(3,4)5)7-6-10(8)13/h8-9H,6-7H2,1-5H3/t8-,9-/m0/s1. The van der Waals surface area contributed by atoms with Gasteiger partial charge in [-0.3, -0.25) is 9.69 Å². The summed E-state index contributed by atoms with van der Waals surface area (Å²) in [7, 11) is 0. The van der Waals surface area contributed by atoms with Crippen LogP contribution >= 0.6 is 0 Å². The summed E-state index contributed by atoms with van der Waals surface area (Å²) in [6.45, 7) is 11.8. The van der Waals surface area contributed by atoms with Gasteiger partial charge in [-0.1, -0.05) is 6.92 Å². The molecule has 0 radical (unpaired) electrons. The molecule has 1 rings (SSSR count). The van der Waals surface area contributed by atoms with Gasteiger partial charge in [0.2, 0.25) is 0 Å². The van der Waals surface area contributed by atoms with Crippen LogP contribution in [-0.4, -0.2) is 28.8 Å². The Morgan fingerprint density at radius 2 is 1.85 bits per heavy atom. The molecule has 1 heterocycles. The second kappa shape index (κ2) is 3.41. The van der Waals surface area contributed by atoms with Gasteiger partial charge in [0.05, 0.1) is 0 Å². The van der Waals surface area contributed by atoms with Crippen molar-refractivity contribution in [2.75, 3.05) is 6.54 Å². The molecule has 1 fully saturated rings. The quantitative estimate of drug-likeness (QED) is 0.573. The lowest BCUT2D eigenvalue weighted by Crippen LogP contribution is -2.54. The molecule has 0 aromatic heterocycles. The van der Waals surface area contributed by atoms with Crippen molar-refractivity contribution >= 4 is 5.78 Å². The SMILES string of the molecule is C[C@@H]1C(=O)CCN(C(C)(C)C)[C@H]1C. The number of carbonyl (C=O) groups excluding carboxylic acids is 1. The molecular weight excluding hydrogens is 162 g/mol. The minimum Gasteiger partial charge on any atom is -0.299 e. The Kier molecular flexibility index (Phi) is 2.81. The summed E-state index contributed by atoms with van der Waals surface area (Å²) in [5, 5.41) is 0. The normalized spacial score (nSPS) is 32.2. The Balaban J connectivity index is 2.75. The molecule has 13 heavy (non-hydrogen) atoms. The van der Waals surface area contributed by atoms with E-state index in [-0.39, 0.29) is 11.5 Å². The van der Waals surface area contributed by atoms with Gasteiger partial charge in [-0.25, -0.2) is 0 Å². The van der Waals surface area contributed by atoms with Crippen molar-refractivity contribution in [2.24, 2.45) is 5.92 Å². The fourth-order valence-corrected chi connectivity index (χ4v) is 2.15. The molecule has 0 unspecified atom stereocenters. The Morgan fingerprint density at radius 1 is 1.31 bits per heavy atom. The molecular formula is C11H21NO. The molecule has 0 aromatic carbocycles. The van der Waals surface area contributed by atoms with Gasteiger partial charge >= 0.3 is 0 Å². The fourth-order valence-electron chi connectivity index (χ4n) is 2.15. The average molecular weight is 183 g/mol. The highest BCUT2D eigenvalue weighted by atomic mass is 16.1. The van der Waals surface area contributed by atoms with Gasteiger partial charge in [0.25, 0.3) is 0 Å². The molecule has 76 valence electrons. The third-order valence-electron chi connectivity index (χ3n) is 3.18. The summed E-state index contributed by atoms with van der Waals surface area (Å²) >= 11 is 0. The van der Waals surface area contributed by atoms with E-state index in [1.54, 1.807) is 0 Å². The highest BCUT2D eigenvalue weighted by molar-refractivity contribution is 5.82. The van der Waals surface area contributed by atoms with Gasteiger partial charge < -0.3 is 0 Å². The molecule has 0 bridgehead atoms. The van der Waals surface area contributed by atoms with Crippen LogP contribution in [0.25, 0.3) is 0 Å². The largest absolute Gasteiger partial charge is 0.299 e. The Bertz CT molecular complexity index is 205. The van der Waals surface area contributed by atoms with Crippen LogP contribution in [0.5, 0.6) is 0 Å². The van der Waals surface area contributed by atoms with Gasteiger partial charge in [-0.2, -0.15) is 0 Å². The van der Waals surface area contributed by atoms with Gasteiger partial charge in [0, 0.05) is 30.5 Å². The van der Waals surface area contributed by atoms with E-state index in [1.807, 2.05) is 6.92 Å². The van der Waals surface area contributed by atoms with Crippen LogP contribution < -0.4 is 0 Å². The number of ketones is 1. The maximum atomic E-state index is 11.5. The molecule has 2 heteroatoms. The van der Waals surface area contributed by atoms with E-state index in [4.69, 9.17) is 0 Å². The predicted molar refractivity (Wildman–Crippen MR) is 54.7 cm³/mol. The summed E-state index contributed by atoms with van der Waals surface area (Å²) in [5.74, 6) is 0.626. The second-order valence-corrected chi connectivity index (χ2v) is 5.11. The van der Waals surface area contributed by atoms with Crippen molar-refractivity contribution < 1.29 is 4.79 Å². The molecule has 0 spiro atoms. The molecule has 1 aliphatic heterocycles. The third-order valence-corrected chi connectivity index (χ3v) is 3.18. The first kappa shape index (κ1) is 10.7. The molecule has 0 saturated carbocycles. The zero-order chi connectivity index (χ0) is 10.2. The predicted octanol–water partition coefficient (Wildman–Crippen LogP) is 2.08. The Labute approximate surface area is 81.3 Å². The van der Waals surface area contributed by atoms with Crippen LogP contribution in [0, 0.1) is 5.92 Å². The van der Waals surface area contributed by atoms with Gasteiger partial charge in [0.1, 0.15) is 5.78 Å². The van der Waals surface area contributed by atoms with E-state index in [1.165, 1.54) is 0 Å². The van der Waals surface area contributed by atoms with E-state index >= 15 is 0 Å². The zero-order valence-electron chi connectivity index (χ0n) is 9.42. The molecule has 2 nitrogen and oxygen atoms in total. The first-order valence-electron chi connectivity index (χ1n) is 5.13. The molecule has 0 aliphatic carbocycles. The van der Waals surface area contributed by atoms with Crippen LogP contribution in [0.2, 0.25) is 0 Å². The number of hydrogen-bond acceptors (Lipinski definition) is 2. The minimum atomic E-state index is 0.189. The van der Waals surface area contributed by atoms with Crippen molar-refractivity contribution in [1.82, 2.24) is 4.90 Å². The van der Waals surface area contributed by atoms with E-state index in [0.29, 0.717) is 11.8 Å². The van der Waals surface area contributed by atoms with Gasteiger partial charge in [0.15, 0.2) is 0 Å². The number of piperidine rings is 1. The summed E-state index contributed by atoms with van der Waals surface area (Å²) < 4.78 is 0. The van der Waals surface area contributed by atoms with Gasteiger partial charge in [-0.05, 0) is 27.7 Å². The summed E-state index contributed by atoms with van der Waals surface area (Å²) in [6.07, 6.45) is 0.725. The van der Waals surface area contributed by atoms with E-state index in [2.05, 4.69) is 32.6 Å². The Hall–Kier alpha value is -0.370. The van der Waals surface area contributed by atoms with Crippen LogP contribution in [0.15, 0.2) is 0 Å². The van der Waals surface area contributed by atoms with Crippen LogP contribution in [0.4, 0.5) is 0 Å². The molecule has 1 aliphatic rings. The minimum absolute atomic E-state index is 0.189. The monoisotopic (exact) mass is 183 g/mol. The smallest absolute Gasteiger partial charge is 0.138 e. The van der Waals surface area contributed by atoms with Crippen molar-refractivity contribution in [3.63, 3.8) is 0 Å². The second-order valence-electron chi connectivity index (χ2n) is 5.11. The maximum Gasteiger partial charge on any atom is 0.138 e. The van der Waals surface area contributed by atoms with Crippen LogP contribution in [-0.2, 0) is 4.79 Å². The Morgan fingerprint density at radius 3 is 2.31 bits per heavy atom. The maximum absolute atomic E-state index is 11.5. The molecule has 0 amide bonds. The zero-order valence-corrected chi connectivity index (χ0v) is 9.42. The lowest BCUT2D eigenvalue weighted by atomic mass is 9.87. The molecule has 1 saturated heterocycles. The van der Waals surface area contributed by atoms with Crippen LogP contribution in [0.3, 0.4) is 0 Å². The fraction of sp³-hybridized carbons (Fsp3) is 0.909. The van der Waals surface area contributed by atoms with E-state index < -0.39 is 0 Å². The molecule has 0 N–H and O–H groups in total. The summed E-state index contributed by atoms with van der Waals surface area (Å²) in [4.78, 5) is 13.9. The first-order valence-corrected chi connectivity index (χ1v) is 5.13. The molecule has 0 aromatic rings. The van der Waals surface area contributed by atoms with Crippen molar-refractivity contribution in [3.05, 3.63) is 0 Å². The number of carbonyl (C=O) groups is 1.